The van der Waals surface area contributed by atoms with Gasteiger partial charge in [-0.2, -0.15) is 0 Å². The third-order valence-corrected chi connectivity index (χ3v) is 4.86. The molecule has 4 rings (SSSR count). The second-order valence-corrected chi connectivity index (χ2v) is 7.15. The van der Waals surface area contributed by atoms with Crippen LogP contribution in [0.25, 0.3) is 22.6 Å². The van der Waals surface area contributed by atoms with Gasteiger partial charge < -0.3 is 8.83 Å². The highest BCUT2D eigenvalue weighted by molar-refractivity contribution is 9.10. The van der Waals surface area contributed by atoms with Crippen LogP contribution in [0.3, 0.4) is 0 Å². The van der Waals surface area contributed by atoms with Crippen molar-refractivity contribution < 1.29 is 18.7 Å². The van der Waals surface area contributed by atoms with Crippen LogP contribution in [0.15, 0.2) is 74.9 Å². The molecule has 0 amide bonds. The average Bonchev–Trinajstić information content (AvgIpc) is 3.52. The molecule has 11 heteroatoms. The minimum atomic E-state index is -0.452. The molecule has 4 aromatic rings. The molecule has 0 aliphatic heterocycles. The van der Waals surface area contributed by atoms with Crippen LogP contribution in [0.1, 0.15) is 18.9 Å². The number of hydrogen-bond donors (Lipinski definition) is 0. The zero-order valence-corrected chi connectivity index (χ0v) is 18.7. The monoisotopic (exact) mass is 510 g/mol. The number of nitrogens with zero attached hydrogens (tertiary/aromatic N) is 4. The zero-order valence-electron chi connectivity index (χ0n) is 17.1. The first kappa shape index (κ1) is 23.4. The van der Waals surface area contributed by atoms with Gasteiger partial charge in [-0.25, -0.2) is 9.97 Å². The van der Waals surface area contributed by atoms with Crippen LogP contribution in [0.5, 0.6) is 0 Å². The number of nitro groups is 2. The number of nitro benzene ring substituents is 2. The predicted octanol–water partition coefficient (Wildman–Crippen LogP) is 6.02. The molecular weight excluding hydrogens is 496 g/mol. The van der Waals surface area contributed by atoms with E-state index in [1.807, 2.05) is 6.92 Å². The van der Waals surface area contributed by atoms with Gasteiger partial charge in [0, 0.05) is 51.8 Å². The number of halogens is 1. The molecule has 0 fully saturated rings. The van der Waals surface area contributed by atoms with E-state index in [0.717, 1.165) is 4.47 Å². The standard InChI is InChI=1S/C13H10N2O3.C9H5BrN2O3/c1-2-3-4-10-5-6-11(15(16)17)7-12(10)13-8-14-9-18-13;10-8-2-1-6(12(13)14)3-7(8)9-4-11-5-15-9/h5-9H,2H2,1H3;1-5H. The summed E-state index contributed by atoms with van der Waals surface area (Å²) in [6.45, 7) is 1.94. The Bertz CT molecular complexity index is 1320. The highest BCUT2D eigenvalue weighted by Crippen LogP contribution is 2.31. The van der Waals surface area contributed by atoms with Crippen molar-refractivity contribution in [2.45, 2.75) is 13.3 Å². The summed E-state index contributed by atoms with van der Waals surface area (Å²) in [5.41, 5.74) is 1.91. The largest absolute Gasteiger partial charge is 0.443 e. The second kappa shape index (κ2) is 10.8. The first-order valence-corrected chi connectivity index (χ1v) is 10.2. The van der Waals surface area contributed by atoms with Crippen LogP contribution in [0, 0.1) is 32.1 Å². The molecule has 0 atom stereocenters. The molecule has 0 N–H and O–H groups in total. The zero-order chi connectivity index (χ0) is 23.8. The van der Waals surface area contributed by atoms with Crippen molar-refractivity contribution in [2.75, 3.05) is 0 Å². The quantitative estimate of drug-likeness (QED) is 0.184. The lowest BCUT2D eigenvalue weighted by Gasteiger charge is -2.00. The summed E-state index contributed by atoms with van der Waals surface area (Å²) < 4.78 is 11.0. The SMILES string of the molecule is CCC#Cc1ccc([N+](=O)[O-])cc1-c1cnco1.O=[N+]([O-])c1ccc(Br)c(-c2cnco2)c1. The van der Waals surface area contributed by atoms with Gasteiger partial charge in [0.25, 0.3) is 11.4 Å². The maximum atomic E-state index is 10.8. The molecule has 0 aliphatic rings. The summed E-state index contributed by atoms with van der Waals surface area (Å²) in [5.74, 6) is 6.85. The van der Waals surface area contributed by atoms with Crippen LogP contribution in [-0.2, 0) is 0 Å². The minimum Gasteiger partial charge on any atom is -0.443 e. The molecule has 2 aromatic heterocycles. The van der Waals surface area contributed by atoms with Crippen molar-refractivity contribution in [1.82, 2.24) is 9.97 Å². The van der Waals surface area contributed by atoms with E-state index in [1.165, 1.54) is 49.4 Å². The van der Waals surface area contributed by atoms with E-state index in [4.69, 9.17) is 8.83 Å². The average molecular weight is 511 g/mol. The minimum absolute atomic E-state index is 0.00319. The predicted molar refractivity (Wildman–Crippen MR) is 122 cm³/mol. The van der Waals surface area contributed by atoms with E-state index in [2.05, 4.69) is 37.7 Å². The van der Waals surface area contributed by atoms with Crippen molar-refractivity contribution >= 4 is 27.3 Å². The third-order valence-electron chi connectivity index (χ3n) is 4.17. The maximum absolute atomic E-state index is 10.8. The molecule has 2 heterocycles. The van der Waals surface area contributed by atoms with Crippen LogP contribution in [0.2, 0.25) is 0 Å². The lowest BCUT2D eigenvalue weighted by molar-refractivity contribution is -0.385. The van der Waals surface area contributed by atoms with Gasteiger partial charge in [-0.15, -0.1) is 0 Å². The van der Waals surface area contributed by atoms with E-state index in [0.29, 0.717) is 34.6 Å². The van der Waals surface area contributed by atoms with E-state index >= 15 is 0 Å². The Morgan fingerprint density at radius 3 is 1.97 bits per heavy atom. The van der Waals surface area contributed by atoms with Crippen LogP contribution in [-0.4, -0.2) is 19.8 Å². The molecule has 166 valence electrons. The summed E-state index contributed by atoms with van der Waals surface area (Å²) in [4.78, 5) is 28.0. The molecular formula is C22H15BrN4O6. The Hall–Kier alpha value is -4.30. The summed E-state index contributed by atoms with van der Waals surface area (Å²) in [6.07, 6.45) is 6.29. The normalized spacial score (nSPS) is 9.88. The summed E-state index contributed by atoms with van der Waals surface area (Å²) >= 11 is 3.29. The van der Waals surface area contributed by atoms with Gasteiger partial charge in [-0.1, -0.05) is 34.7 Å². The van der Waals surface area contributed by atoms with Gasteiger partial charge in [0.15, 0.2) is 24.3 Å². The van der Waals surface area contributed by atoms with Gasteiger partial charge in [-0.3, -0.25) is 20.2 Å². The fourth-order valence-electron chi connectivity index (χ4n) is 2.66. The van der Waals surface area contributed by atoms with Gasteiger partial charge in [0.05, 0.1) is 22.2 Å². The third kappa shape index (κ3) is 5.90. The van der Waals surface area contributed by atoms with Crippen molar-refractivity contribution in [3.05, 3.63) is 91.8 Å². The van der Waals surface area contributed by atoms with E-state index < -0.39 is 9.85 Å². The fraction of sp³-hybridized carbons (Fsp3) is 0.0909. The second-order valence-electron chi connectivity index (χ2n) is 6.29. The Balaban J connectivity index is 0.000000189. The molecule has 0 radical (unpaired) electrons. The van der Waals surface area contributed by atoms with Crippen molar-refractivity contribution in [2.24, 2.45) is 0 Å². The number of aromatic nitrogens is 2. The lowest BCUT2D eigenvalue weighted by atomic mass is 10.0. The van der Waals surface area contributed by atoms with Gasteiger partial charge in [0.1, 0.15) is 0 Å². The van der Waals surface area contributed by atoms with Crippen molar-refractivity contribution in [3.8, 4) is 34.5 Å². The smallest absolute Gasteiger partial charge is 0.270 e. The van der Waals surface area contributed by atoms with E-state index in [-0.39, 0.29) is 11.4 Å². The molecule has 0 saturated heterocycles. The molecule has 0 aliphatic carbocycles. The van der Waals surface area contributed by atoms with Crippen molar-refractivity contribution in [1.29, 1.82) is 0 Å². The Labute approximate surface area is 195 Å². The Morgan fingerprint density at radius 1 is 0.909 bits per heavy atom. The molecule has 0 saturated carbocycles. The van der Waals surface area contributed by atoms with Crippen molar-refractivity contribution in [3.63, 3.8) is 0 Å². The van der Waals surface area contributed by atoms with E-state index in [1.54, 1.807) is 12.1 Å². The number of rotatable bonds is 4. The molecule has 33 heavy (non-hydrogen) atoms. The fourth-order valence-corrected chi connectivity index (χ4v) is 3.10. The van der Waals surface area contributed by atoms with Gasteiger partial charge in [-0.05, 0) is 12.1 Å². The Morgan fingerprint density at radius 2 is 1.45 bits per heavy atom. The van der Waals surface area contributed by atoms with E-state index in [9.17, 15) is 20.2 Å². The molecule has 2 aromatic carbocycles. The molecule has 0 bridgehead atoms. The first-order valence-electron chi connectivity index (χ1n) is 9.39. The highest BCUT2D eigenvalue weighted by Gasteiger charge is 2.14. The van der Waals surface area contributed by atoms with Gasteiger partial charge >= 0.3 is 0 Å². The van der Waals surface area contributed by atoms with Gasteiger partial charge in [0.2, 0.25) is 0 Å². The number of oxazole rings is 2. The topological polar surface area (TPSA) is 138 Å². The number of non-ortho nitro benzene ring substituents is 2. The van der Waals surface area contributed by atoms with Crippen LogP contribution >= 0.6 is 15.9 Å². The molecule has 10 nitrogen and oxygen atoms in total. The van der Waals surface area contributed by atoms with Crippen LogP contribution < -0.4 is 0 Å². The highest BCUT2D eigenvalue weighted by atomic mass is 79.9. The maximum Gasteiger partial charge on any atom is 0.270 e. The Kier molecular flexibility index (Phi) is 7.67. The van der Waals surface area contributed by atoms with Crippen LogP contribution in [0.4, 0.5) is 11.4 Å². The lowest BCUT2D eigenvalue weighted by Crippen LogP contribution is -1.90. The summed E-state index contributed by atoms with van der Waals surface area (Å²) in [6, 6.07) is 8.96. The summed E-state index contributed by atoms with van der Waals surface area (Å²) in [7, 11) is 0. The molecule has 0 spiro atoms. The number of benzene rings is 2. The molecule has 0 unspecified atom stereocenters. The number of hydrogen-bond acceptors (Lipinski definition) is 8. The first-order chi connectivity index (χ1) is 15.9. The summed E-state index contributed by atoms with van der Waals surface area (Å²) in [5, 5.41) is 21.3.